The number of aromatic hydroxyl groups is 1. The van der Waals surface area contributed by atoms with Crippen molar-refractivity contribution < 1.29 is 25.2 Å². The van der Waals surface area contributed by atoms with E-state index >= 15 is 0 Å². The van der Waals surface area contributed by atoms with Gasteiger partial charge in [0.1, 0.15) is 5.82 Å². The minimum atomic E-state index is -0.512. The molecule has 0 saturated heterocycles. The molecule has 1 aliphatic rings. The van der Waals surface area contributed by atoms with Crippen LogP contribution in [0.15, 0.2) is 60.8 Å². The van der Waals surface area contributed by atoms with Gasteiger partial charge in [-0.15, -0.1) is 0 Å². The van der Waals surface area contributed by atoms with Crippen LogP contribution < -0.4 is 9.64 Å². The Kier molecular flexibility index (Phi) is 5.83. The lowest BCUT2D eigenvalue weighted by molar-refractivity contribution is 0.165. The third-order valence-corrected chi connectivity index (χ3v) is 6.49. The first kappa shape index (κ1) is 22.2. The first-order valence-corrected chi connectivity index (χ1v) is 11.1. The lowest BCUT2D eigenvalue weighted by atomic mass is 9.90. The number of phenols is 1. The molecule has 34 heavy (non-hydrogen) atoms. The molecule has 0 fully saturated rings. The summed E-state index contributed by atoms with van der Waals surface area (Å²) in [6, 6.07) is 16.7. The monoisotopic (exact) mass is 458 g/mol. The quantitative estimate of drug-likeness (QED) is 0.356. The number of phenolic OH excluding ortho intramolecular Hbond substituents is 1. The van der Waals surface area contributed by atoms with Gasteiger partial charge in [-0.1, -0.05) is 18.2 Å². The van der Waals surface area contributed by atoms with E-state index in [9.17, 15) is 20.4 Å². The van der Waals surface area contributed by atoms with Gasteiger partial charge in [0.15, 0.2) is 11.5 Å². The van der Waals surface area contributed by atoms with E-state index in [1.165, 1.54) is 7.11 Å². The second kappa shape index (κ2) is 8.95. The second-order valence-corrected chi connectivity index (χ2v) is 8.37. The molecular weight excluding hydrogens is 432 g/mol. The number of benzene rings is 3. The number of nitrogens with zero attached hydrogens (tertiary/aromatic N) is 2. The second-order valence-electron chi connectivity index (χ2n) is 8.37. The molecule has 7 heteroatoms. The number of fused-ring (bicyclic) bond motifs is 2. The highest BCUT2D eigenvalue weighted by molar-refractivity contribution is 6.01. The number of rotatable bonds is 5. The predicted molar refractivity (Wildman–Crippen MR) is 130 cm³/mol. The molecule has 0 amide bonds. The fourth-order valence-corrected chi connectivity index (χ4v) is 4.84. The van der Waals surface area contributed by atoms with Crippen LogP contribution in [-0.2, 0) is 13.2 Å². The number of anilines is 2. The number of para-hydroxylation sites is 1. The molecule has 1 atom stereocenters. The summed E-state index contributed by atoms with van der Waals surface area (Å²) in [5.41, 5.74) is 4.52. The van der Waals surface area contributed by atoms with Crippen molar-refractivity contribution in [1.29, 1.82) is 0 Å². The fourth-order valence-electron chi connectivity index (χ4n) is 4.84. The minimum absolute atomic E-state index is 0.000451. The van der Waals surface area contributed by atoms with Crippen LogP contribution in [0.4, 0.5) is 11.5 Å². The highest BCUT2D eigenvalue weighted by atomic mass is 16.5. The summed E-state index contributed by atoms with van der Waals surface area (Å²) in [5, 5.41) is 42.5. The Morgan fingerprint density at radius 2 is 1.88 bits per heavy atom. The van der Waals surface area contributed by atoms with Gasteiger partial charge >= 0.3 is 0 Å². The zero-order valence-corrected chi connectivity index (χ0v) is 18.8. The van der Waals surface area contributed by atoms with E-state index in [0.717, 1.165) is 33.2 Å². The molecule has 5 rings (SSSR count). The summed E-state index contributed by atoms with van der Waals surface area (Å²) >= 11 is 0. The molecule has 0 radical (unpaired) electrons. The van der Waals surface area contributed by atoms with Gasteiger partial charge in [-0.25, -0.2) is 4.98 Å². The summed E-state index contributed by atoms with van der Waals surface area (Å²) < 4.78 is 5.34. The van der Waals surface area contributed by atoms with Crippen LogP contribution in [0.25, 0.3) is 21.9 Å². The molecule has 0 unspecified atom stereocenters. The Bertz CT molecular complexity index is 1370. The van der Waals surface area contributed by atoms with Gasteiger partial charge in [0.2, 0.25) is 0 Å². The maximum Gasteiger partial charge on any atom is 0.161 e. The van der Waals surface area contributed by atoms with E-state index < -0.39 is 6.10 Å². The fraction of sp³-hybridized carbons (Fsp3) is 0.222. The Hall–Kier alpha value is -3.65. The molecule has 2 heterocycles. The van der Waals surface area contributed by atoms with Crippen LogP contribution in [0.3, 0.4) is 0 Å². The number of methoxy groups -OCH3 is 1. The smallest absolute Gasteiger partial charge is 0.161 e. The van der Waals surface area contributed by atoms with Crippen molar-refractivity contribution >= 4 is 22.3 Å². The SMILES string of the molecule is COc1cc2c(-c3ccnc(N4CC[C@H](O)c5ccccc54)c3)c(CO)c(CO)cc2cc1O. The molecule has 0 bridgehead atoms. The van der Waals surface area contributed by atoms with E-state index in [4.69, 9.17) is 4.74 Å². The van der Waals surface area contributed by atoms with E-state index in [1.54, 1.807) is 24.4 Å². The van der Waals surface area contributed by atoms with Crippen LogP contribution in [0, 0.1) is 0 Å². The Morgan fingerprint density at radius 3 is 2.65 bits per heavy atom. The van der Waals surface area contributed by atoms with Gasteiger partial charge < -0.3 is 30.1 Å². The molecule has 7 nitrogen and oxygen atoms in total. The maximum atomic E-state index is 10.4. The summed E-state index contributed by atoms with van der Waals surface area (Å²) in [6.45, 7) is 0.0995. The van der Waals surface area contributed by atoms with E-state index in [1.807, 2.05) is 36.4 Å². The van der Waals surface area contributed by atoms with Gasteiger partial charge in [-0.3, -0.25) is 0 Å². The predicted octanol–water partition coefficient (Wildman–Crippen LogP) is 4.18. The first-order chi connectivity index (χ1) is 16.5. The third-order valence-electron chi connectivity index (χ3n) is 6.49. The molecule has 4 aromatic rings. The summed E-state index contributed by atoms with van der Waals surface area (Å²) in [7, 11) is 1.49. The molecule has 1 aliphatic heterocycles. The van der Waals surface area contributed by atoms with Crippen LogP contribution in [0.1, 0.15) is 29.2 Å². The minimum Gasteiger partial charge on any atom is -0.504 e. The van der Waals surface area contributed by atoms with E-state index in [-0.39, 0.29) is 19.0 Å². The van der Waals surface area contributed by atoms with Crippen LogP contribution >= 0.6 is 0 Å². The highest BCUT2D eigenvalue weighted by Crippen LogP contribution is 2.42. The number of aliphatic hydroxyl groups excluding tert-OH is 3. The lowest BCUT2D eigenvalue weighted by Gasteiger charge is -2.33. The normalized spacial score (nSPS) is 15.4. The van der Waals surface area contributed by atoms with Crippen molar-refractivity contribution in [1.82, 2.24) is 4.98 Å². The van der Waals surface area contributed by atoms with Gasteiger partial charge in [-0.2, -0.15) is 0 Å². The van der Waals surface area contributed by atoms with E-state index in [2.05, 4.69) is 9.88 Å². The molecule has 174 valence electrons. The summed E-state index contributed by atoms with van der Waals surface area (Å²) in [6.07, 6.45) is 1.79. The van der Waals surface area contributed by atoms with Gasteiger partial charge in [0, 0.05) is 24.0 Å². The molecule has 1 aromatic heterocycles. The Morgan fingerprint density at radius 1 is 1.06 bits per heavy atom. The van der Waals surface area contributed by atoms with Crippen molar-refractivity contribution in [2.75, 3.05) is 18.6 Å². The average molecular weight is 459 g/mol. The average Bonchev–Trinajstić information content (AvgIpc) is 2.87. The molecule has 3 aromatic carbocycles. The van der Waals surface area contributed by atoms with Gasteiger partial charge in [0.05, 0.1) is 26.4 Å². The highest BCUT2D eigenvalue weighted by Gasteiger charge is 2.25. The Labute approximate surface area is 197 Å². The number of hydrogen-bond acceptors (Lipinski definition) is 7. The first-order valence-electron chi connectivity index (χ1n) is 11.1. The van der Waals surface area contributed by atoms with Gasteiger partial charge in [0.25, 0.3) is 0 Å². The molecule has 0 saturated carbocycles. The summed E-state index contributed by atoms with van der Waals surface area (Å²) in [4.78, 5) is 6.68. The third kappa shape index (κ3) is 3.64. The standard InChI is InChI=1S/C27H26N2O5/c1-34-25-13-20-17(11-24(25)33)10-18(14-30)21(15-31)27(20)16-6-8-28-26(12-16)29-9-7-23(32)19-4-2-3-5-22(19)29/h2-6,8,10-13,23,30-33H,7,9,14-15H2,1H3/t23-/m0/s1. The topological polar surface area (TPSA) is 106 Å². The molecule has 4 N–H and O–H groups in total. The largest absolute Gasteiger partial charge is 0.504 e. The van der Waals surface area contributed by atoms with Crippen LogP contribution in [0.5, 0.6) is 11.5 Å². The number of aliphatic hydroxyl groups is 3. The number of hydrogen-bond donors (Lipinski definition) is 4. The van der Waals surface area contributed by atoms with E-state index in [0.29, 0.717) is 35.7 Å². The zero-order valence-electron chi connectivity index (χ0n) is 18.8. The maximum absolute atomic E-state index is 10.4. The zero-order chi connectivity index (χ0) is 23.8. The lowest BCUT2D eigenvalue weighted by Crippen LogP contribution is -2.27. The van der Waals surface area contributed by atoms with Crippen molar-refractivity contribution in [2.45, 2.75) is 25.7 Å². The van der Waals surface area contributed by atoms with Crippen LogP contribution in [-0.4, -0.2) is 39.1 Å². The number of ether oxygens (including phenoxy) is 1. The van der Waals surface area contributed by atoms with Crippen LogP contribution in [0.2, 0.25) is 0 Å². The summed E-state index contributed by atoms with van der Waals surface area (Å²) in [5.74, 6) is 1.04. The van der Waals surface area contributed by atoms with Crippen molar-refractivity contribution in [3.8, 4) is 22.6 Å². The number of aromatic nitrogens is 1. The van der Waals surface area contributed by atoms with Crippen molar-refractivity contribution in [3.05, 3.63) is 77.5 Å². The molecule has 0 spiro atoms. The van der Waals surface area contributed by atoms with Gasteiger partial charge in [-0.05, 0) is 75.8 Å². The number of pyridine rings is 1. The molecular formula is C27H26N2O5. The Balaban J connectivity index is 1.73. The van der Waals surface area contributed by atoms with Crippen molar-refractivity contribution in [2.24, 2.45) is 0 Å². The molecule has 0 aliphatic carbocycles. The van der Waals surface area contributed by atoms with Crippen molar-refractivity contribution in [3.63, 3.8) is 0 Å².